The van der Waals surface area contributed by atoms with Crippen molar-refractivity contribution in [2.75, 3.05) is 26.6 Å². The number of hydrogen-bond acceptors (Lipinski definition) is 3. The van der Waals surface area contributed by atoms with Gasteiger partial charge in [-0.1, -0.05) is 19.8 Å². The summed E-state index contributed by atoms with van der Waals surface area (Å²) < 4.78 is 10.4. The minimum absolute atomic E-state index is 0.117. The molecule has 3 heteroatoms. The second kappa shape index (κ2) is 4.80. The molecule has 0 aromatic heterocycles. The van der Waals surface area contributed by atoms with E-state index in [9.17, 15) is 5.11 Å². The highest BCUT2D eigenvalue weighted by molar-refractivity contribution is 4.79. The van der Waals surface area contributed by atoms with Crippen molar-refractivity contribution in [3.63, 3.8) is 0 Å². The van der Waals surface area contributed by atoms with Crippen LogP contribution >= 0.6 is 0 Å². The van der Waals surface area contributed by atoms with Crippen molar-refractivity contribution >= 4 is 0 Å². The normalized spacial score (nSPS) is 22.5. The first-order chi connectivity index (χ1) is 5.83. The Balaban J connectivity index is 2.37. The lowest BCUT2D eigenvalue weighted by molar-refractivity contribution is -0.178. The molecule has 0 radical (unpaired) electrons. The number of hydrogen-bond donors (Lipinski definition) is 1. The Kier molecular flexibility index (Phi) is 3.98. The molecular formula is C9H18O3. The molecular weight excluding hydrogens is 156 g/mol. The van der Waals surface area contributed by atoms with Gasteiger partial charge in [0.05, 0.1) is 19.8 Å². The number of unbranched alkanes of at least 4 members (excludes halogenated alkanes) is 1. The molecule has 1 rings (SSSR count). The van der Waals surface area contributed by atoms with Gasteiger partial charge in [0, 0.05) is 5.41 Å². The molecule has 0 saturated carbocycles. The zero-order chi connectivity index (χ0) is 8.86. The highest BCUT2D eigenvalue weighted by Crippen LogP contribution is 2.27. The molecule has 0 atom stereocenters. The Bertz CT molecular complexity index is 119. The zero-order valence-corrected chi connectivity index (χ0v) is 7.71. The maximum Gasteiger partial charge on any atom is 0.146 e. The van der Waals surface area contributed by atoms with E-state index in [2.05, 4.69) is 6.92 Å². The number of rotatable bonds is 4. The molecule has 3 nitrogen and oxygen atoms in total. The van der Waals surface area contributed by atoms with E-state index in [4.69, 9.17) is 9.47 Å². The van der Waals surface area contributed by atoms with Crippen LogP contribution in [0.3, 0.4) is 0 Å². The zero-order valence-electron chi connectivity index (χ0n) is 7.71. The minimum Gasteiger partial charge on any atom is -0.396 e. The van der Waals surface area contributed by atoms with E-state index in [0.717, 1.165) is 19.3 Å². The molecule has 0 aromatic rings. The summed E-state index contributed by atoms with van der Waals surface area (Å²) in [6.45, 7) is 3.99. The van der Waals surface area contributed by atoms with E-state index >= 15 is 0 Å². The van der Waals surface area contributed by atoms with E-state index in [-0.39, 0.29) is 12.0 Å². The van der Waals surface area contributed by atoms with E-state index in [1.54, 1.807) is 0 Å². The van der Waals surface area contributed by atoms with Crippen LogP contribution in [0.5, 0.6) is 0 Å². The Hall–Kier alpha value is -0.120. The van der Waals surface area contributed by atoms with E-state index in [1.165, 1.54) is 0 Å². The Morgan fingerprint density at radius 2 is 2.00 bits per heavy atom. The summed E-state index contributed by atoms with van der Waals surface area (Å²) in [5.41, 5.74) is -0.117. The molecule has 1 aliphatic heterocycles. The molecule has 0 bridgehead atoms. The van der Waals surface area contributed by atoms with Crippen molar-refractivity contribution in [2.45, 2.75) is 26.2 Å². The van der Waals surface area contributed by atoms with Crippen LogP contribution in [0.25, 0.3) is 0 Å². The third-order valence-corrected chi connectivity index (χ3v) is 2.38. The van der Waals surface area contributed by atoms with Gasteiger partial charge in [0.15, 0.2) is 0 Å². The van der Waals surface area contributed by atoms with Crippen molar-refractivity contribution in [1.29, 1.82) is 0 Å². The second-order valence-corrected chi connectivity index (χ2v) is 3.58. The van der Waals surface area contributed by atoms with Crippen LogP contribution in [0.1, 0.15) is 26.2 Å². The van der Waals surface area contributed by atoms with Crippen molar-refractivity contribution in [1.82, 2.24) is 0 Å². The van der Waals surface area contributed by atoms with Gasteiger partial charge in [0.25, 0.3) is 0 Å². The maximum atomic E-state index is 9.21. The summed E-state index contributed by atoms with van der Waals surface area (Å²) in [5, 5.41) is 9.21. The summed E-state index contributed by atoms with van der Waals surface area (Å²) in [6.07, 6.45) is 3.29. The molecule has 0 spiro atoms. The molecule has 0 unspecified atom stereocenters. The molecule has 1 fully saturated rings. The monoisotopic (exact) mass is 174 g/mol. The summed E-state index contributed by atoms with van der Waals surface area (Å²) in [6, 6.07) is 0. The number of aliphatic hydroxyl groups is 1. The van der Waals surface area contributed by atoms with Crippen LogP contribution in [0, 0.1) is 5.41 Å². The Morgan fingerprint density at radius 3 is 2.50 bits per heavy atom. The van der Waals surface area contributed by atoms with E-state index < -0.39 is 0 Å². The highest BCUT2D eigenvalue weighted by atomic mass is 16.7. The lowest BCUT2D eigenvalue weighted by atomic mass is 9.85. The molecule has 1 saturated heterocycles. The van der Waals surface area contributed by atoms with E-state index in [1.807, 2.05) is 0 Å². The first-order valence-electron chi connectivity index (χ1n) is 4.59. The van der Waals surface area contributed by atoms with Gasteiger partial charge in [0.2, 0.25) is 0 Å². The van der Waals surface area contributed by atoms with Gasteiger partial charge in [-0.15, -0.1) is 0 Å². The average Bonchev–Trinajstić information content (AvgIpc) is 2.16. The van der Waals surface area contributed by atoms with Crippen molar-refractivity contribution < 1.29 is 14.6 Å². The largest absolute Gasteiger partial charge is 0.396 e. The summed E-state index contributed by atoms with van der Waals surface area (Å²) >= 11 is 0. The summed E-state index contributed by atoms with van der Waals surface area (Å²) in [5.74, 6) is 0. The lowest BCUT2D eigenvalue weighted by Gasteiger charge is -2.34. The fourth-order valence-corrected chi connectivity index (χ4v) is 1.48. The van der Waals surface area contributed by atoms with Crippen molar-refractivity contribution in [3.05, 3.63) is 0 Å². The SMILES string of the molecule is CCCCC1(CO)COCOC1. The minimum atomic E-state index is -0.117. The van der Waals surface area contributed by atoms with Crippen LogP contribution in [0.15, 0.2) is 0 Å². The van der Waals surface area contributed by atoms with Crippen molar-refractivity contribution in [2.24, 2.45) is 5.41 Å². The topological polar surface area (TPSA) is 38.7 Å². The van der Waals surface area contributed by atoms with Crippen LogP contribution < -0.4 is 0 Å². The van der Waals surface area contributed by atoms with Crippen LogP contribution in [0.4, 0.5) is 0 Å². The second-order valence-electron chi connectivity index (χ2n) is 3.58. The molecule has 12 heavy (non-hydrogen) atoms. The predicted octanol–water partition coefficient (Wildman–Crippen LogP) is 1.16. The molecule has 1 aliphatic rings. The van der Waals surface area contributed by atoms with Gasteiger partial charge in [-0.2, -0.15) is 0 Å². The number of ether oxygens (including phenoxy) is 2. The molecule has 72 valence electrons. The van der Waals surface area contributed by atoms with Gasteiger partial charge < -0.3 is 14.6 Å². The van der Waals surface area contributed by atoms with Gasteiger partial charge in [-0.25, -0.2) is 0 Å². The number of aliphatic hydroxyl groups excluding tert-OH is 1. The quantitative estimate of drug-likeness (QED) is 0.695. The van der Waals surface area contributed by atoms with Crippen LogP contribution in [-0.4, -0.2) is 31.7 Å². The van der Waals surface area contributed by atoms with Gasteiger partial charge in [-0.3, -0.25) is 0 Å². The first kappa shape index (κ1) is 9.96. The predicted molar refractivity (Wildman–Crippen MR) is 45.8 cm³/mol. The standard InChI is InChI=1S/C9H18O3/c1-2-3-4-9(5-10)6-11-8-12-7-9/h10H,2-8H2,1H3. The Morgan fingerprint density at radius 1 is 1.33 bits per heavy atom. The van der Waals surface area contributed by atoms with Gasteiger partial charge >= 0.3 is 0 Å². The fraction of sp³-hybridized carbons (Fsp3) is 1.00. The molecule has 1 heterocycles. The Labute approximate surface area is 73.7 Å². The van der Waals surface area contributed by atoms with Crippen LogP contribution in [-0.2, 0) is 9.47 Å². The van der Waals surface area contributed by atoms with Gasteiger partial charge in [0.1, 0.15) is 6.79 Å². The molecule has 1 N–H and O–H groups in total. The third-order valence-electron chi connectivity index (χ3n) is 2.38. The molecule has 0 aromatic carbocycles. The average molecular weight is 174 g/mol. The van der Waals surface area contributed by atoms with E-state index in [0.29, 0.717) is 20.0 Å². The fourth-order valence-electron chi connectivity index (χ4n) is 1.48. The smallest absolute Gasteiger partial charge is 0.146 e. The lowest BCUT2D eigenvalue weighted by Crippen LogP contribution is -2.40. The summed E-state index contributed by atoms with van der Waals surface area (Å²) in [4.78, 5) is 0. The van der Waals surface area contributed by atoms with Crippen molar-refractivity contribution in [3.8, 4) is 0 Å². The molecule has 0 amide bonds. The third kappa shape index (κ3) is 2.44. The van der Waals surface area contributed by atoms with Crippen LogP contribution in [0.2, 0.25) is 0 Å². The maximum absolute atomic E-state index is 9.21. The molecule has 0 aliphatic carbocycles. The highest BCUT2D eigenvalue weighted by Gasteiger charge is 2.32. The first-order valence-corrected chi connectivity index (χ1v) is 4.59. The van der Waals surface area contributed by atoms with Gasteiger partial charge in [-0.05, 0) is 6.42 Å². The summed E-state index contributed by atoms with van der Waals surface area (Å²) in [7, 11) is 0.